The molecule has 2 rings (SSSR count). The van der Waals surface area contributed by atoms with Gasteiger partial charge in [-0.05, 0) is 45.8 Å². The Hall–Kier alpha value is -1.35. The molecule has 5 heteroatoms. The van der Waals surface area contributed by atoms with E-state index in [1.807, 2.05) is 12.1 Å². The van der Waals surface area contributed by atoms with Gasteiger partial charge in [-0.2, -0.15) is 0 Å². The molecule has 0 bridgehead atoms. The SMILES string of the molecule is COCOc1cc(CBr)c2c(C#C[Si](C(C)C)(C(C)C)C(C)C)c(F)ccc2c1. The van der Waals surface area contributed by atoms with Gasteiger partial charge in [-0.1, -0.05) is 69.5 Å². The van der Waals surface area contributed by atoms with Gasteiger partial charge in [-0.25, -0.2) is 4.39 Å². The summed E-state index contributed by atoms with van der Waals surface area (Å²) in [5.74, 6) is 3.77. The summed E-state index contributed by atoms with van der Waals surface area (Å²) < 4.78 is 25.6. The number of fused-ring (bicyclic) bond motifs is 1. The third-order valence-electron chi connectivity index (χ3n) is 5.88. The average molecular weight is 480 g/mol. The average Bonchev–Trinajstić information content (AvgIpc) is 2.66. The molecule has 2 aromatic rings. The van der Waals surface area contributed by atoms with Gasteiger partial charge in [0.2, 0.25) is 0 Å². The maximum absolute atomic E-state index is 15.0. The lowest BCUT2D eigenvalue weighted by molar-refractivity contribution is 0.0512. The van der Waals surface area contributed by atoms with Gasteiger partial charge in [0.25, 0.3) is 0 Å². The third kappa shape index (κ3) is 4.87. The zero-order chi connectivity index (χ0) is 21.8. The number of methoxy groups -OCH3 is 1. The summed E-state index contributed by atoms with van der Waals surface area (Å²) in [6.45, 7) is 13.8. The lowest BCUT2D eigenvalue weighted by Crippen LogP contribution is -2.43. The lowest BCUT2D eigenvalue weighted by atomic mass is 9.99. The number of benzene rings is 2. The smallest absolute Gasteiger partial charge is 0.188 e. The van der Waals surface area contributed by atoms with Gasteiger partial charge < -0.3 is 9.47 Å². The van der Waals surface area contributed by atoms with Crippen LogP contribution in [0.15, 0.2) is 24.3 Å². The fraction of sp³-hybridized carbons (Fsp3) is 0.500. The highest BCUT2D eigenvalue weighted by Gasteiger charge is 2.41. The van der Waals surface area contributed by atoms with Crippen LogP contribution in [0.4, 0.5) is 4.39 Å². The van der Waals surface area contributed by atoms with E-state index in [0.717, 1.165) is 16.3 Å². The Balaban J connectivity index is 2.74. The molecule has 0 N–H and O–H groups in total. The van der Waals surface area contributed by atoms with E-state index in [1.54, 1.807) is 13.2 Å². The zero-order valence-electron chi connectivity index (χ0n) is 18.5. The van der Waals surface area contributed by atoms with Gasteiger partial charge in [0.1, 0.15) is 19.6 Å². The quantitative estimate of drug-likeness (QED) is 0.178. The summed E-state index contributed by atoms with van der Waals surface area (Å²) >= 11 is 3.55. The number of ether oxygens (including phenoxy) is 2. The van der Waals surface area contributed by atoms with Crippen LogP contribution in [0.3, 0.4) is 0 Å². The van der Waals surface area contributed by atoms with Crippen LogP contribution in [0.25, 0.3) is 10.8 Å². The van der Waals surface area contributed by atoms with Crippen molar-refractivity contribution in [2.45, 2.75) is 63.5 Å². The Morgan fingerprint density at radius 2 is 1.66 bits per heavy atom. The highest BCUT2D eigenvalue weighted by molar-refractivity contribution is 9.08. The molecule has 0 aliphatic heterocycles. The summed E-state index contributed by atoms with van der Waals surface area (Å²) in [6.07, 6.45) is 0. The second-order valence-corrected chi connectivity index (χ2v) is 14.6. The summed E-state index contributed by atoms with van der Waals surface area (Å²) in [5, 5.41) is 2.37. The molecule has 2 nitrogen and oxygen atoms in total. The highest BCUT2D eigenvalue weighted by Crippen LogP contribution is 2.41. The lowest BCUT2D eigenvalue weighted by Gasteiger charge is -2.38. The normalized spacial score (nSPS) is 12.0. The van der Waals surface area contributed by atoms with Crippen LogP contribution in [-0.2, 0) is 10.1 Å². The van der Waals surface area contributed by atoms with Crippen LogP contribution in [0.2, 0.25) is 16.6 Å². The van der Waals surface area contributed by atoms with Crippen molar-refractivity contribution in [3.8, 4) is 17.2 Å². The minimum atomic E-state index is -1.96. The third-order valence-corrected chi connectivity index (χ3v) is 12.8. The molecule has 0 aromatic heterocycles. The summed E-state index contributed by atoms with van der Waals surface area (Å²) in [5.41, 5.74) is 6.61. The second kappa shape index (κ2) is 10.1. The number of rotatable bonds is 7. The number of alkyl halides is 1. The number of hydrogen-bond donors (Lipinski definition) is 0. The molecule has 29 heavy (non-hydrogen) atoms. The van der Waals surface area contributed by atoms with Gasteiger partial charge in [0.15, 0.2) is 6.79 Å². The Morgan fingerprint density at radius 3 is 2.17 bits per heavy atom. The van der Waals surface area contributed by atoms with Crippen molar-refractivity contribution in [1.82, 2.24) is 0 Å². The van der Waals surface area contributed by atoms with Crippen molar-refractivity contribution in [2.24, 2.45) is 0 Å². The van der Waals surface area contributed by atoms with Crippen LogP contribution >= 0.6 is 15.9 Å². The van der Waals surface area contributed by atoms with Gasteiger partial charge in [-0.3, -0.25) is 0 Å². The van der Waals surface area contributed by atoms with Crippen LogP contribution in [-0.4, -0.2) is 22.0 Å². The van der Waals surface area contributed by atoms with Crippen molar-refractivity contribution in [3.63, 3.8) is 0 Å². The molecular weight excluding hydrogens is 447 g/mol. The van der Waals surface area contributed by atoms with E-state index in [0.29, 0.717) is 33.3 Å². The highest BCUT2D eigenvalue weighted by atomic mass is 79.9. The van der Waals surface area contributed by atoms with Gasteiger partial charge in [0.05, 0.1) is 5.56 Å². The minimum absolute atomic E-state index is 0.173. The van der Waals surface area contributed by atoms with Crippen molar-refractivity contribution in [1.29, 1.82) is 0 Å². The van der Waals surface area contributed by atoms with E-state index in [1.165, 1.54) is 6.07 Å². The van der Waals surface area contributed by atoms with Crippen LogP contribution in [0.5, 0.6) is 5.75 Å². The molecule has 0 spiro atoms. The Bertz CT molecular complexity index is 891. The van der Waals surface area contributed by atoms with E-state index in [9.17, 15) is 4.39 Å². The molecule has 0 aliphatic carbocycles. The Labute approximate surface area is 184 Å². The van der Waals surface area contributed by atoms with E-state index < -0.39 is 8.07 Å². The van der Waals surface area contributed by atoms with Gasteiger partial charge in [0, 0.05) is 17.8 Å². The number of halogens is 2. The molecule has 0 fully saturated rings. The van der Waals surface area contributed by atoms with Crippen molar-refractivity contribution in [3.05, 3.63) is 41.2 Å². The van der Waals surface area contributed by atoms with Gasteiger partial charge in [-0.15, -0.1) is 5.54 Å². The molecule has 0 radical (unpaired) electrons. The molecule has 0 unspecified atom stereocenters. The molecule has 0 aliphatic rings. The van der Waals surface area contributed by atoms with Crippen LogP contribution in [0, 0.1) is 17.3 Å². The largest absolute Gasteiger partial charge is 0.468 e. The molecule has 0 saturated carbocycles. The van der Waals surface area contributed by atoms with Crippen LogP contribution < -0.4 is 4.74 Å². The molecule has 158 valence electrons. The summed E-state index contributed by atoms with van der Waals surface area (Å²) in [4.78, 5) is 0. The van der Waals surface area contributed by atoms with E-state index in [-0.39, 0.29) is 12.6 Å². The number of hydrogen-bond acceptors (Lipinski definition) is 2. The summed E-state index contributed by atoms with van der Waals surface area (Å²) in [6, 6.07) is 7.15. The molecular formula is C24H32BrFO2Si. The first-order chi connectivity index (χ1) is 13.7. The minimum Gasteiger partial charge on any atom is -0.468 e. The van der Waals surface area contributed by atoms with E-state index in [4.69, 9.17) is 9.47 Å². The monoisotopic (exact) mass is 478 g/mol. The zero-order valence-corrected chi connectivity index (χ0v) is 21.1. The van der Waals surface area contributed by atoms with Crippen molar-refractivity contribution < 1.29 is 13.9 Å². The Kier molecular flexibility index (Phi) is 8.34. The first-order valence-electron chi connectivity index (χ1n) is 10.1. The standard InChI is InChI=1S/C24H32BrFO2Si/c1-16(2)29(17(3)4,18(5)6)11-10-22-23(26)9-8-19-12-21(28-15-27-7)13-20(14-25)24(19)22/h8-9,12-13,16-18H,14-15H2,1-7H3. The van der Waals surface area contributed by atoms with Crippen LogP contribution in [0.1, 0.15) is 52.7 Å². The molecule has 0 saturated heterocycles. The van der Waals surface area contributed by atoms with Crippen molar-refractivity contribution in [2.75, 3.05) is 13.9 Å². The Morgan fingerprint density at radius 1 is 1.03 bits per heavy atom. The molecule has 0 amide bonds. The van der Waals surface area contributed by atoms with E-state index in [2.05, 4.69) is 68.9 Å². The molecule has 0 heterocycles. The molecule has 0 atom stereocenters. The fourth-order valence-electron chi connectivity index (χ4n) is 4.54. The first kappa shape index (κ1) is 23.9. The molecule has 2 aromatic carbocycles. The predicted octanol–water partition coefficient (Wildman–Crippen LogP) is 7.43. The fourth-order valence-corrected chi connectivity index (χ4v) is 10.2. The summed E-state index contributed by atoms with van der Waals surface area (Å²) in [7, 11) is -0.370. The van der Waals surface area contributed by atoms with Crippen molar-refractivity contribution >= 4 is 34.8 Å². The predicted molar refractivity (Wildman–Crippen MR) is 127 cm³/mol. The maximum Gasteiger partial charge on any atom is 0.188 e. The topological polar surface area (TPSA) is 18.5 Å². The van der Waals surface area contributed by atoms with E-state index >= 15 is 0 Å². The maximum atomic E-state index is 15.0. The first-order valence-corrected chi connectivity index (χ1v) is 13.5. The van der Waals surface area contributed by atoms with Gasteiger partial charge >= 0.3 is 0 Å². The second-order valence-electron chi connectivity index (χ2n) is 8.43.